The van der Waals surface area contributed by atoms with Crippen LogP contribution < -0.4 is 4.90 Å². The van der Waals surface area contributed by atoms with Gasteiger partial charge in [0.2, 0.25) is 12.3 Å². The number of benzene rings is 1. The van der Waals surface area contributed by atoms with Gasteiger partial charge < -0.3 is 14.7 Å². The van der Waals surface area contributed by atoms with Gasteiger partial charge in [-0.15, -0.1) is 0 Å². The summed E-state index contributed by atoms with van der Waals surface area (Å²) in [7, 11) is 3.94. The predicted octanol–water partition coefficient (Wildman–Crippen LogP) is 1.20. The number of hydrogen-bond acceptors (Lipinski definition) is 3. The summed E-state index contributed by atoms with van der Waals surface area (Å²) >= 11 is 0. The topological polar surface area (TPSA) is 43.9 Å². The lowest BCUT2D eigenvalue weighted by Gasteiger charge is -2.35. The van der Waals surface area contributed by atoms with Crippen LogP contribution in [-0.2, 0) is 9.59 Å². The van der Waals surface area contributed by atoms with Gasteiger partial charge in [0.15, 0.2) is 0 Å². The summed E-state index contributed by atoms with van der Waals surface area (Å²) in [5.41, 5.74) is 0.748. The molecule has 0 unspecified atom stereocenters. The lowest BCUT2D eigenvalue weighted by Crippen LogP contribution is -2.47. The van der Waals surface area contributed by atoms with Gasteiger partial charge in [-0.25, -0.2) is 0 Å². The highest BCUT2D eigenvalue weighted by molar-refractivity contribution is 5.88. The molecule has 0 aliphatic carbocycles. The van der Waals surface area contributed by atoms with E-state index in [9.17, 15) is 9.59 Å². The molecule has 5 nitrogen and oxygen atoms in total. The number of nitrogens with zero attached hydrogens (tertiary/aromatic N) is 3. The molecule has 114 valence electrons. The number of hydrogen-bond donors (Lipinski definition) is 0. The highest BCUT2D eigenvalue weighted by Crippen LogP contribution is 2.16. The monoisotopic (exact) mass is 289 g/mol. The Balaban J connectivity index is 1.94. The van der Waals surface area contributed by atoms with Gasteiger partial charge in [0.25, 0.3) is 0 Å². The summed E-state index contributed by atoms with van der Waals surface area (Å²) < 4.78 is 0. The standard InChI is InChI=1S/C16H23N3O2/c1-17-10-8-14(9-11-17)18(2)16(21)12-19(13-20)15-6-4-3-5-7-15/h3-7,13-14H,8-12H2,1-2H3. The number of carbonyl (C=O) groups is 2. The number of likely N-dealkylation sites (N-methyl/N-ethyl adjacent to an activating group) is 1. The first-order valence-electron chi connectivity index (χ1n) is 7.33. The van der Waals surface area contributed by atoms with Gasteiger partial charge in [0.05, 0.1) is 0 Å². The van der Waals surface area contributed by atoms with Gasteiger partial charge >= 0.3 is 0 Å². The lowest BCUT2D eigenvalue weighted by molar-refractivity contribution is -0.132. The predicted molar refractivity (Wildman–Crippen MR) is 83.1 cm³/mol. The molecule has 1 aromatic carbocycles. The quantitative estimate of drug-likeness (QED) is 0.765. The molecule has 0 atom stereocenters. The van der Waals surface area contributed by atoms with E-state index in [1.54, 1.807) is 4.90 Å². The Kier molecular flexibility index (Phi) is 5.33. The van der Waals surface area contributed by atoms with Crippen molar-refractivity contribution < 1.29 is 9.59 Å². The molecule has 2 rings (SSSR count). The van der Waals surface area contributed by atoms with E-state index in [0.29, 0.717) is 0 Å². The molecule has 0 aromatic heterocycles. The molecule has 21 heavy (non-hydrogen) atoms. The fraction of sp³-hybridized carbons (Fsp3) is 0.500. The van der Waals surface area contributed by atoms with E-state index >= 15 is 0 Å². The number of likely N-dealkylation sites (tertiary alicyclic amines) is 1. The first kappa shape index (κ1) is 15.5. The van der Waals surface area contributed by atoms with Crippen LogP contribution in [0.25, 0.3) is 0 Å². The van der Waals surface area contributed by atoms with Crippen LogP contribution in [0, 0.1) is 0 Å². The Hall–Kier alpha value is -1.88. The molecule has 0 saturated carbocycles. The maximum absolute atomic E-state index is 12.4. The van der Waals surface area contributed by atoms with Crippen LogP contribution >= 0.6 is 0 Å². The Morgan fingerprint density at radius 3 is 2.48 bits per heavy atom. The maximum Gasteiger partial charge on any atom is 0.242 e. The van der Waals surface area contributed by atoms with Gasteiger partial charge in [-0.05, 0) is 45.1 Å². The minimum atomic E-state index is -0.0134. The fourth-order valence-electron chi connectivity index (χ4n) is 2.65. The molecule has 1 heterocycles. The third kappa shape index (κ3) is 4.04. The third-order valence-corrected chi connectivity index (χ3v) is 4.15. The minimum Gasteiger partial charge on any atom is -0.341 e. The van der Waals surface area contributed by atoms with Gasteiger partial charge in [-0.2, -0.15) is 0 Å². The van der Waals surface area contributed by atoms with E-state index in [1.165, 1.54) is 4.90 Å². The summed E-state index contributed by atoms with van der Waals surface area (Å²) in [4.78, 5) is 29.1. The second-order valence-corrected chi connectivity index (χ2v) is 5.61. The van der Waals surface area contributed by atoms with Crippen molar-refractivity contribution in [3.05, 3.63) is 30.3 Å². The normalized spacial score (nSPS) is 16.5. The second-order valence-electron chi connectivity index (χ2n) is 5.61. The van der Waals surface area contributed by atoms with Crippen molar-refractivity contribution >= 4 is 18.0 Å². The molecule has 0 bridgehead atoms. The van der Waals surface area contributed by atoms with E-state index in [0.717, 1.165) is 38.0 Å². The Labute approximate surface area is 126 Å². The number of carbonyl (C=O) groups excluding carboxylic acids is 2. The highest BCUT2D eigenvalue weighted by atomic mass is 16.2. The highest BCUT2D eigenvalue weighted by Gasteiger charge is 2.25. The van der Waals surface area contributed by atoms with Gasteiger partial charge in [0, 0.05) is 18.8 Å². The van der Waals surface area contributed by atoms with Crippen molar-refractivity contribution in [1.82, 2.24) is 9.80 Å². The fourth-order valence-corrected chi connectivity index (χ4v) is 2.65. The number of para-hydroxylation sites is 1. The first-order valence-corrected chi connectivity index (χ1v) is 7.33. The van der Waals surface area contributed by atoms with E-state index in [2.05, 4.69) is 11.9 Å². The Morgan fingerprint density at radius 1 is 1.29 bits per heavy atom. The van der Waals surface area contributed by atoms with Crippen molar-refractivity contribution in [2.75, 3.05) is 38.6 Å². The zero-order valence-electron chi connectivity index (χ0n) is 12.7. The van der Waals surface area contributed by atoms with Crippen molar-refractivity contribution in [1.29, 1.82) is 0 Å². The molecule has 1 aromatic rings. The van der Waals surface area contributed by atoms with Crippen LogP contribution in [0.2, 0.25) is 0 Å². The molecule has 1 fully saturated rings. The molecule has 1 saturated heterocycles. The minimum absolute atomic E-state index is 0.0134. The summed E-state index contributed by atoms with van der Waals surface area (Å²) in [5, 5.41) is 0. The van der Waals surface area contributed by atoms with E-state index in [4.69, 9.17) is 0 Å². The van der Waals surface area contributed by atoms with Crippen LogP contribution in [0.15, 0.2) is 30.3 Å². The lowest BCUT2D eigenvalue weighted by atomic mass is 10.0. The molecular formula is C16H23N3O2. The SMILES string of the molecule is CN1CCC(N(C)C(=O)CN(C=O)c2ccccc2)CC1. The van der Waals surface area contributed by atoms with Crippen LogP contribution in [-0.4, -0.2) is 61.9 Å². The van der Waals surface area contributed by atoms with Crippen LogP contribution in [0.1, 0.15) is 12.8 Å². The summed E-state index contributed by atoms with van der Waals surface area (Å²) in [5.74, 6) is -0.0134. The van der Waals surface area contributed by atoms with Crippen molar-refractivity contribution in [2.24, 2.45) is 0 Å². The van der Waals surface area contributed by atoms with Crippen LogP contribution in [0.3, 0.4) is 0 Å². The maximum atomic E-state index is 12.4. The van der Waals surface area contributed by atoms with E-state index in [1.807, 2.05) is 37.4 Å². The van der Waals surface area contributed by atoms with E-state index in [-0.39, 0.29) is 18.5 Å². The molecule has 0 N–H and O–H groups in total. The van der Waals surface area contributed by atoms with Crippen LogP contribution in [0.4, 0.5) is 5.69 Å². The Bertz CT molecular complexity index is 470. The summed E-state index contributed by atoms with van der Waals surface area (Å²) in [6.45, 7) is 2.12. The summed E-state index contributed by atoms with van der Waals surface area (Å²) in [6.07, 6.45) is 2.70. The number of amides is 2. The second kappa shape index (κ2) is 7.22. The Morgan fingerprint density at radius 2 is 1.90 bits per heavy atom. The van der Waals surface area contributed by atoms with Crippen molar-refractivity contribution in [3.63, 3.8) is 0 Å². The number of piperidine rings is 1. The average Bonchev–Trinajstić information content (AvgIpc) is 2.53. The van der Waals surface area contributed by atoms with E-state index < -0.39 is 0 Å². The molecule has 1 aliphatic rings. The van der Waals surface area contributed by atoms with Gasteiger partial charge in [-0.3, -0.25) is 9.59 Å². The van der Waals surface area contributed by atoms with Gasteiger partial charge in [-0.1, -0.05) is 18.2 Å². The summed E-state index contributed by atoms with van der Waals surface area (Å²) in [6, 6.07) is 9.54. The molecular weight excluding hydrogens is 266 g/mol. The average molecular weight is 289 g/mol. The number of anilines is 1. The van der Waals surface area contributed by atoms with Crippen LogP contribution in [0.5, 0.6) is 0 Å². The molecule has 2 amide bonds. The van der Waals surface area contributed by atoms with Gasteiger partial charge in [0.1, 0.15) is 6.54 Å². The molecule has 5 heteroatoms. The number of rotatable bonds is 5. The van der Waals surface area contributed by atoms with Crippen molar-refractivity contribution in [3.8, 4) is 0 Å². The van der Waals surface area contributed by atoms with Crippen molar-refractivity contribution in [2.45, 2.75) is 18.9 Å². The molecule has 0 spiro atoms. The molecule has 0 radical (unpaired) electrons. The molecule has 1 aliphatic heterocycles. The smallest absolute Gasteiger partial charge is 0.242 e. The first-order chi connectivity index (χ1) is 10.1. The zero-order valence-corrected chi connectivity index (χ0v) is 12.7. The third-order valence-electron chi connectivity index (χ3n) is 4.15. The zero-order chi connectivity index (χ0) is 15.2. The largest absolute Gasteiger partial charge is 0.341 e.